The Morgan fingerprint density at radius 3 is 2.17 bits per heavy atom. The maximum atomic E-state index is 13.0. The van der Waals surface area contributed by atoms with E-state index in [4.69, 9.17) is 14.2 Å². The highest BCUT2D eigenvalue weighted by molar-refractivity contribution is 5.94. The SMILES string of the molecule is CCOc1ccc(CNC(=O)c2ccc(-c3cnc(Oc4ccc(F)cc4)nc3)cc2)cc1OCC. The number of hydrogen-bond acceptors (Lipinski definition) is 6. The van der Waals surface area contributed by atoms with Crippen LogP contribution in [-0.4, -0.2) is 29.1 Å². The fraction of sp³-hybridized carbons (Fsp3) is 0.179. The molecule has 1 aromatic heterocycles. The van der Waals surface area contributed by atoms with Crippen LogP contribution in [0.25, 0.3) is 11.1 Å². The van der Waals surface area contributed by atoms with Crippen molar-refractivity contribution in [3.63, 3.8) is 0 Å². The fourth-order valence-electron chi connectivity index (χ4n) is 3.43. The van der Waals surface area contributed by atoms with Crippen molar-refractivity contribution in [2.24, 2.45) is 0 Å². The summed E-state index contributed by atoms with van der Waals surface area (Å²) in [7, 11) is 0. The molecule has 4 aromatic rings. The second-order valence-corrected chi connectivity index (χ2v) is 7.72. The molecule has 4 rings (SSSR count). The highest BCUT2D eigenvalue weighted by Crippen LogP contribution is 2.28. The van der Waals surface area contributed by atoms with E-state index in [0.29, 0.717) is 42.6 Å². The number of halogens is 1. The standard InChI is InChI=1S/C28H26FN3O4/c1-3-34-25-14-5-19(15-26(25)35-4-2)16-30-27(33)21-8-6-20(7-9-21)22-17-31-28(32-18-22)36-24-12-10-23(29)11-13-24/h5-15,17-18H,3-4,16H2,1-2H3,(H,30,33). The Hall–Kier alpha value is -4.46. The summed E-state index contributed by atoms with van der Waals surface area (Å²) in [6, 6.07) is 18.6. The number of carbonyl (C=O) groups is 1. The van der Waals surface area contributed by atoms with Gasteiger partial charge in [0.2, 0.25) is 0 Å². The Labute approximate surface area is 208 Å². The van der Waals surface area contributed by atoms with Gasteiger partial charge in [0.25, 0.3) is 5.91 Å². The maximum Gasteiger partial charge on any atom is 0.321 e. The molecule has 0 aliphatic heterocycles. The van der Waals surface area contributed by atoms with Crippen LogP contribution < -0.4 is 19.5 Å². The second kappa shape index (κ2) is 11.8. The normalized spacial score (nSPS) is 10.5. The fourth-order valence-corrected chi connectivity index (χ4v) is 3.43. The van der Waals surface area contributed by atoms with Crippen LogP contribution in [0.3, 0.4) is 0 Å². The molecular formula is C28H26FN3O4. The molecular weight excluding hydrogens is 461 g/mol. The highest BCUT2D eigenvalue weighted by Gasteiger charge is 2.10. The average molecular weight is 488 g/mol. The van der Waals surface area contributed by atoms with Gasteiger partial charge in [0, 0.05) is 30.1 Å². The molecule has 0 atom stereocenters. The summed E-state index contributed by atoms with van der Waals surface area (Å²) in [5.41, 5.74) is 3.07. The molecule has 0 radical (unpaired) electrons. The Bertz CT molecular complexity index is 1290. The largest absolute Gasteiger partial charge is 0.490 e. The van der Waals surface area contributed by atoms with E-state index in [2.05, 4.69) is 15.3 Å². The first-order valence-corrected chi connectivity index (χ1v) is 11.6. The van der Waals surface area contributed by atoms with Gasteiger partial charge in [-0.2, -0.15) is 0 Å². The molecule has 184 valence electrons. The molecule has 1 amide bonds. The highest BCUT2D eigenvalue weighted by atomic mass is 19.1. The molecule has 0 saturated heterocycles. The van der Waals surface area contributed by atoms with Crippen molar-refractivity contribution in [1.29, 1.82) is 0 Å². The van der Waals surface area contributed by atoms with Gasteiger partial charge in [-0.15, -0.1) is 0 Å². The summed E-state index contributed by atoms with van der Waals surface area (Å²) in [4.78, 5) is 21.1. The summed E-state index contributed by atoms with van der Waals surface area (Å²) < 4.78 is 29.8. The van der Waals surface area contributed by atoms with Crippen molar-refractivity contribution in [3.8, 4) is 34.4 Å². The Morgan fingerprint density at radius 1 is 0.833 bits per heavy atom. The van der Waals surface area contributed by atoms with Crippen molar-refractivity contribution in [3.05, 3.63) is 96.1 Å². The monoisotopic (exact) mass is 487 g/mol. The topological polar surface area (TPSA) is 82.6 Å². The lowest BCUT2D eigenvalue weighted by Crippen LogP contribution is -2.22. The number of carbonyl (C=O) groups excluding carboxylic acids is 1. The minimum atomic E-state index is -0.345. The first-order valence-electron chi connectivity index (χ1n) is 11.6. The lowest BCUT2D eigenvalue weighted by Gasteiger charge is -2.13. The number of aromatic nitrogens is 2. The first kappa shape index (κ1) is 24.7. The summed E-state index contributed by atoms with van der Waals surface area (Å²) in [5.74, 6) is 1.25. The van der Waals surface area contributed by atoms with E-state index in [1.807, 2.05) is 44.2 Å². The molecule has 0 unspecified atom stereocenters. The summed E-state index contributed by atoms with van der Waals surface area (Å²) in [6.07, 6.45) is 3.26. The van der Waals surface area contributed by atoms with Crippen LogP contribution in [-0.2, 0) is 6.54 Å². The van der Waals surface area contributed by atoms with Gasteiger partial charge in [0.15, 0.2) is 11.5 Å². The molecule has 0 spiro atoms. The van der Waals surface area contributed by atoms with Crippen molar-refractivity contribution in [2.75, 3.05) is 13.2 Å². The smallest absolute Gasteiger partial charge is 0.321 e. The van der Waals surface area contributed by atoms with Crippen LogP contribution in [0.4, 0.5) is 4.39 Å². The van der Waals surface area contributed by atoms with Gasteiger partial charge in [-0.3, -0.25) is 4.79 Å². The third-order valence-electron chi connectivity index (χ3n) is 5.19. The Balaban J connectivity index is 1.36. The van der Waals surface area contributed by atoms with E-state index in [1.54, 1.807) is 24.5 Å². The molecule has 0 bridgehead atoms. The van der Waals surface area contributed by atoms with Crippen LogP contribution in [0.1, 0.15) is 29.8 Å². The van der Waals surface area contributed by atoms with Gasteiger partial charge in [-0.25, -0.2) is 14.4 Å². The average Bonchev–Trinajstić information content (AvgIpc) is 2.91. The lowest BCUT2D eigenvalue weighted by atomic mass is 10.1. The Morgan fingerprint density at radius 2 is 1.50 bits per heavy atom. The minimum Gasteiger partial charge on any atom is -0.490 e. The van der Waals surface area contributed by atoms with Crippen LogP contribution in [0.5, 0.6) is 23.3 Å². The molecule has 36 heavy (non-hydrogen) atoms. The van der Waals surface area contributed by atoms with Gasteiger partial charge >= 0.3 is 6.01 Å². The number of nitrogens with zero attached hydrogens (tertiary/aromatic N) is 2. The van der Waals surface area contributed by atoms with Gasteiger partial charge in [0.05, 0.1) is 13.2 Å². The van der Waals surface area contributed by atoms with Crippen LogP contribution in [0.2, 0.25) is 0 Å². The minimum absolute atomic E-state index is 0.156. The third-order valence-corrected chi connectivity index (χ3v) is 5.19. The Kier molecular flexibility index (Phi) is 8.08. The molecule has 1 heterocycles. The van der Waals surface area contributed by atoms with Crippen molar-refractivity contribution in [1.82, 2.24) is 15.3 Å². The number of amides is 1. The second-order valence-electron chi connectivity index (χ2n) is 7.72. The lowest BCUT2D eigenvalue weighted by molar-refractivity contribution is 0.0951. The van der Waals surface area contributed by atoms with Gasteiger partial charge in [-0.1, -0.05) is 18.2 Å². The van der Waals surface area contributed by atoms with E-state index in [-0.39, 0.29) is 17.7 Å². The molecule has 0 fully saturated rings. The predicted molar refractivity (Wildman–Crippen MR) is 134 cm³/mol. The quantitative estimate of drug-likeness (QED) is 0.304. The predicted octanol–water partition coefficient (Wildman–Crippen LogP) is 5.80. The molecule has 0 saturated carbocycles. The molecule has 0 aliphatic carbocycles. The van der Waals surface area contributed by atoms with Gasteiger partial charge < -0.3 is 19.5 Å². The van der Waals surface area contributed by atoms with Crippen LogP contribution >= 0.6 is 0 Å². The molecule has 3 aromatic carbocycles. The van der Waals surface area contributed by atoms with Gasteiger partial charge in [0.1, 0.15) is 11.6 Å². The van der Waals surface area contributed by atoms with Crippen molar-refractivity contribution < 1.29 is 23.4 Å². The third kappa shape index (κ3) is 6.35. The summed E-state index contributed by atoms with van der Waals surface area (Å²) in [6.45, 7) is 5.26. The van der Waals surface area contributed by atoms with E-state index in [1.165, 1.54) is 24.3 Å². The van der Waals surface area contributed by atoms with Gasteiger partial charge in [-0.05, 0) is 73.5 Å². The zero-order valence-corrected chi connectivity index (χ0v) is 20.0. The summed E-state index contributed by atoms with van der Waals surface area (Å²) in [5, 5.41) is 2.93. The zero-order valence-electron chi connectivity index (χ0n) is 20.0. The first-order chi connectivity index (χ1) is 17.6. The zero-order chi connectivity index (χ0) is 25.3. The van der Waals surface area contributed by atoms with Crippen LogP contribution in [0, 0.1) is 5.82 Å². The molecule has 0 aliphatic rings. The maximum absolute atomic E-state index is 13.0. The number of nitrogens with one attached hydrogen (secondary N) is 1. The van der Waals surface area contributed by atoms with E-state index >= 15 is 0 Å². The van der Waals surface area contributed by atoms with E-state index < -0.39 is 0 Å². The number of hydrogen-bond donors (Lipinski definition) is 1. The van der Waals surface area contributed by atoms with E-state index in [9.17, 15) is 9.18 Å². The summed E-state index contributed by atoms with van der Waals surface area (Å²) >= 11 is 0. The van der Waals surface area contributed by atoms with Crippen molar-refractivity contribution in [2.45, 2.75) is 20.4 Å². The molecule has 7 nitrogen and oxygen atoms in total. The van der Waals surface area contributed by atoms with Crippen LogP contribution in [0.15, 0.2) is 79.1 Å². The van der Waals surface area contributed by atoms with Crippen molar-refractivity contribution >= 4 is 5.91 Å². The molecule has 1 N–H and O–H groups in total. The number of benzene rings is 3. The van der Waals surface area contributed by atoms with E-state index in [0.717, 1.165) is 16.7 Å². The number of rotatable bonds is 10. The molecule has 8 heteroatoms. The number of ether oxygens (including phenoxy) is 3.